The van der Waals surface area contributed by atoms with Gasteiger partial charge < -0.3 is 10.2 Å². The lowest BCUT2D eigenvalue weighted by molar-refractivity contribution is 0.212. The van der Waals surface area contributed by atoms with E-state index in [1.165, 1.54) is 16.8 Å². The van der Waals surface area contributed by atoms with Crippen LogP contribution in [-0.2, 0) is 12.1 Å². The highest BCUT2D eigenvalue weighted by molar-refractivity contribution is 5.48. The van der Waals surface area contributed by atoms with E-state index in [0.717, 1.165) is 44.6 Å². The van der Waals surface area contributed by atoms with Gasteiger partial charge in [-0.15, -0.1) is 11.7 Å². The van der Waals surface area contributed by atoms with Crippen LogP contribution in [0, 0.1) is 6.92 Å². The Balaban J connectivity index is 1.58. The number of piperidine rings is 1. The number of allylic oxidation sites excluding steroid dienone is 1. The van der Waals surface area contributed by atoms with Gasteiger partial charge in [-0.3, -0.25) is 0 Å². The van der Waals surface area contributed by atoms with Crippen LogP contribution in [-0.4, -0.2) is 39.3 Å². The Morgan fingerprint density at radius 1 is 1.09 bits per heavy atom. The minimum atomic E-state index is -0.250. The SMILES string of the molecule is C=CCCC(C)NC1(c2nnnn2Cc2ccccc2)CCN(c2ccc(C)cc2)CC1. The van der Waals surface area contributed by atoms with E-state index in [-0.39, 0.29) is 5.54 Å². The molecule has 0 aliphatic carbocycles. The zero-order valence-electron chi connectivity index (χ0n) is 19.2. The van der Waals surface area contributed by atoms with Crippen LogP contribution >= 0.6 is 0 Å². The maximum absolute atomic E-state index is 4.55. The lowest BCUT2D eigenvalue weighted by Gasteiger charge is -2.43. The molecule has 3 aromatic rings. The van der Waals surface area contributed by atoms with Crippen molar-refractivity contribution >= 4 is 5.69 Å². The average Bonchev–Trinajstić information content (AvgIpc) is 3.28. The fourth-order valence-electron chi connectivity index (χ4n) is 4.66. The molecule has 2 aromatic carbocycles. The molecule has 2 heterocycles. The highest BCUT2D eigenvalue weighted by Crippen LogP contribution is 2.34. The zero-order valence-corrected chi connectivity index (χ0v) is 19.2. The summed E-state index contributed by atoms with van der Waals surface area (Å²) in [5, 5.41) is 17.0. The number of anilines is 1. The summed E-state index contributed by atoms with van der Waals surface area (Å²) >= 11 is 0. The number of hydrogen-bond donors (Lipinski definition) is 1. The van der Waals surface area contributed by atoms with Crippen molar-refractivity contribution < 1.29 is 0 Å². The van der Waals surface area contributed by atoms with Gasteiger partial charge in [-0.05, 0) is 67.7 Å². The Kier molecular flexibility index (Phi) is 7.00. The fraction of sp³-hybridized carbons (Fsp3) is 0.423. The molecule has 0 bridgehead atoms. The molecule has 1 saturated heterocycles. The molecule has 1 N–H and O–H groups in total. The predicted molar refractivity (Wildman–Crippen MR) is 130 cm³/mol. The molecule has 0 radical (unpaired) electrons. The molecule has 0 saturated carbocycles. The van der Waals surface area contributed by atoms with Crippen molar-refractivity contribution in [2.75, 3.05) is 18.0 Å². The first-order valence-corrected chi connectivity index (χ1v) is 11.6. The van der Waals surface area contributed by atoms with Crippen molar-refractivity contribution in [1.82, 2.24) is 25.5 Å². The van der Waals surface area contributed by atoms with Crippen LogP contribution in [0.25, 0.3) is 0 Å². The van der Waals surface area contributed by atoms with Crippen molar-refractivity contribution in [3.05, 3.63) is 84.2 Å². The third-order valence-electron chi connectivity index (χ3n) is 6.48. The van der Waals surface area contributed by atoms with Gasteiger partial charge in [0.1, 0.15) is 0 Å². The minimum Gasteiger partial charge on any atom is -0.371 e. The lowest BCUT2D eigenvalue weighted by Crippen LogP contribution is -2.55. The summed E-state index contributed by atoms with van der Waals surface area (Å²) in [6.45, 7) is 10.9. The van der Waals surface area contributed by atoms with E-state index in [0.29, 0.717) is 12.6 Å². The van der Waals surface area contributed by atoms with Crippen LogP contribution in [0.5, 0.6) is 0 Å². The van der Waals surface area contributed by atoms with Crippen molar-refractivity contribution in [3.8, 4) is 0 Å². The molecular formula is C26H34N6. The van der Waals surface area contributed by atoms with Gasteiger partial charge in [0.05, 0.1) is 12.1 Å². The third-order valence-corrected chi connectivity index (χ3v) is 6.48. The van der Waals surface area contributed by atoms with Gasteiger partial charge in [-0.2, -0.15) is 0 Å². The fourth-order valence-corrected chi connectivity index (χ4v) is 4.66. The molecule has 6 nitrogen and oxygen atoms in total. The number of benzene rings is 2. The quantitative estimate of drug-likeness (QED) is 0.508. The molecule has 1 aliphatic rings. The largest absolute Gasteiger partial charge is 0.371 e. The Bertz CT molecular complexity index is 987. The molecule has 0 amide bonds. The summed E-state index contributed by atoms with van der Waals surface area (Å²) < 4.78 is 1.98. The summed E-state index contributed by atoms with van der Waals surface area (Å²) in [6.07, 6.45) is 5.94. The number of aryl methyl sites for hydroxylation is 1. The topological polar surface area (TPSA) is 58.9 Å². The number of nitrogens with one attached hydrogen (secondary N) is 1. The van der Waals surface area contributed by atoms with E-state index in [2.05, 4.69) is 94.7 Å². The smallest absolute Gasteiger partial charge is 0.171 e. The number of aromatic nitrogens is 4. The summed E-state index contributed by atoms with van der Waals surface area (Å²) in [5.41, 5.74) is 3.53. The molecule has 1 aliphatic heterocycles. The second-order valence-corrected chi connectivity index (χ2v) is 8.96. The second kappa shape index (κ2) is 10.1. The van der Waals surface area contributed by atoms with Crippen LogP contribution in [0.4, 0.5) is 5.69 Å². The Hall–Kier alpha value is -2.99. The molecule has 1 unspecified atom stereocenters. The Labute approximate surface area is 191 Å². The number of tetrazole rings is 1. The normalized spacial score (nSPS) is 16.6. The van der Waals surface area contributed by atoms with Crippen LogP contribution in [0.3, 0.4) is 0 Å². The average molecular weight is 431 g/mol. The van der Waals surface area contributed by atoms with E-state index in [4.69, 9.17) is 0 Å². The number of nitrogens with zero attached hydrogens (tertiary/aromatic N) is 5. The Morgan fingerprint density at radius 3 is 2.50 bits per heavy atom. The van der Waals surface area contributed by atoms with E-state index in [1.807, 2.05) is 16.8 Å². The molecule has 0 spiro atoms. The van der Waals surface area contributed by atoms with Gasteiger partial charge in [0, 0.05) is 24.8 Å². The van der Waals surface area contributed by atoms with Crippen LogP contribution in [0.15, 0.2) is 67.3 Å². The van der Waals surface area contributed by atoms with Gasteiger partial charge in [-0.1, -0.05) is 54.1 Å². The van der Waals surface area contributed by atoms with Gasteiger partial charge in [0.15, 0.2) is 5.82 Å². The highest BCUT2D eigenvalue weighted by Gasteiger charge is 2.41. The first-order chi connectivity index (χ1) is 15.6. The third kappa shape index (κ3) is 5.07. The monoisotopic (exact) mass is 430 g/mol. The van der Waals surface area contributed by atoms with Gasteiger partial charge >= 0.3 is 0 Å². The van der Waals surface area contributed by atoms with Gasteiger partial charge in [0.2, 0.25) is 0 Å². The summed E-state index contributed by atoms with van der Waals surface area (Å²) in [7, 11) is 0. The second-order valence-electron chi connectivity index (χ2n) is 8.96. The van der Waals surface area contributed by atoms with Crippen molar-refractivity contribution in [2.24, 2.45) is 0 Å². The highest BCUT2D eigenvalue weighted by atomic mass is 15.6. The van der Waals surface area contributed by atoms with Crippen molar-refractivity contribution in [1.29, 1.82) is 0 Å². The molecular weight excluding hydrogens is 396 g/mol. The predicted octanol–water partition coefficient (Wildman–Crippen LogP) is 4.47. The van der Waals surface area contributed by atoms with E-state index in [1.54, 1.807) is 0 Å². The maximum atomic E-state index is 4.55. The Morgan fingerprint density at radius 2 is 1.81 bits per heavy atom. The number of hydrogen-bond acceptors (Lipinski definition) is 5. The minimum absolute atomic E-state index is 0.250. The first-order valence-electron chi connectivity index (χ1n) is 11.6. The molecule has 168 valence electrons. The summed E-state index contributed by atoms with van der Waals surface area (Å²) in [4.78, 5) is 2.47. The standard InChI is InChI=1S/C26H34N6/c1-4-5-9-22(3)27-26(16-18-31(19-17-26)24-14-12-21(2)13-15-24)25-28-29-30-32(25)20-23-10-7-6-8-11-23/h4,6-8,10-15,22,27H,1,5,9,16-20H2,2-3H3. The van der Waals surface area contributed by atoms with Crippen LogP contribution in [0.1, 0.15) is 49.6 Å². The van der Waals surface area contributed by atoms with E-state index >= 15 is 0 Å². The van der Waals surface area contributed by atoms with Crippen LogP contribution in [0.2, 0.25) is 0 Å². The van der Waals surface area contributed by atoms with Crippen molar-refractivity contribution in [3.63, 3.8) is 0 Å². The van der Waals surface area contributed by atoms with Crippen molar-refractivity contribution in [2.45, 2.75) is 57.7 Å². The molecule has 1 fully saturated rings. The van der Waals surface area contributed by atoms with Gasteiger partial charge in [0.25, 0.3) is 0 Å². The zero-order chi connectivity index (χ0) is 22.4. The first kappa shape index (κ1) is 22.2. The molecule has 1 aromatic heterocycles. The molecule has 6 heteroatoms. The molecule has 32 heavy (non-hydrogen) atoms. The van der Waals surface area contributed by atoms with Crippen LogP contribution < -0.4 is 10.2 Å². The molecule has 1 atom stereocenters. The maximum Gasteiger partial charge on any atom is 0.171 e. The van der Waals surface area contributed by atoms with Gasteiger partial charge in [-0.25, -0.2) is 4.68 Å². The van der Waals surface area contributed by atoms with E-state index < -0.39 is 0 Å². The van der Waals surface area contributed by atoms with E-state index in [9.17, 15) is 0 Å². The number of rotatable bonds is 9. The summed E-state index contributed by atoms with van der Waals surface area (Å²) in [6, 6.07) is 19.6. The summed E-state index contributed by atoms with van der Waals surface area (Å²) in [5.74, 6) is 0.940. The molecule has 4 rings (SSSR count). The lowest BCUT2D eigenvalue weighted by atomic mass is 9.85.